The topological polar surface area (TPSA) is 22.0 Å². The molecular formula is C15H12ClNO. The van der Waals surface area contributed by atoms with Crippen molar-refractivity contribution in [2.75, 3.05) is 0 Å². The summed E-state index contributed by atoms with van der Waals surface area (Å²) in [5.74, 6) is 0. The molecule has 90 valence electrons. The quantitative estimate of drug-likeness (QED) is 0.608. The molecule has 0 aromatic heterocycles. The van der Waals surface area contributed by atoms with Gasteiger partial charge in [-0.1, -0.05) is 29.8 Å². The van der Waals surface area contributed by atoms with Crippen molar-refractivity contribution >= 4 is 22.5 Å². The van der Waals surface area contributed by atoms with E-state index in [1.807, 2.05) is 30.3 Å². The Labute approximate surface area is 110 Å². The van der Waals surface area contributed by atoms with Gasteiger partial charge in [0.15, 0.2) is 0 Å². The molecule has 1 aliphatic carbocycles. The molecule has 2 aliphatic rings. The van der Waals surface area contributed by atoms with Crippen LogP contribution in [-0.2, 0) is 6.54 Å². The highest BCUT2D eigenvalue weighted by atomic mass is 35.5. The lowest BCUT2D eigenvalue weighted by atomic mass is 10.0. The van der Waals surface area contributed by atoms with Crippen LogP contribution in [0.25, 0.3) is 22.2 Å². The minimum Gasteiger partial charge on any atom is -0.341 e. The maximum atomic E-state index is 12.1. The van der Waals surface area contributed by atoms with Crippen LogP contribution in [0.4, 0.5) is 0 Å². The monoisotopic (exact) mass is 257 g/mol. The number of hydrogen-bond donors (Lipinski definition) is 0. The zero-order chi connectivity index (χ0) is 12.7. The number of aryl methyl sites for hydroxylation is 1. The molecule has 2 nitrogen and oxygen atoms in total. The number of para-hydroxylation sites is 1. The van der Waals surface area contributed by atoms with Gasteiger partial charge in [0.05, 0.1) is 10.7 Å². The van der Waals surface area contributed by atoms with E-state index >= 15 is 0 Å². The van der Waals surface area contributed by atoms with Crippen molar-refractivity contribution in [3.8, 4) is 11.3 Å². The molecule has 0 saturated heterocycles. The Balaban J connectivity index is 2.57. The first-order chi connectivity index (χ1) is 8.72. The Morgan fingerprint density at radius 3 is 2.72 bits per heavy atom. The molecule has 0 saturated carbocycles. The van der Waals surface area contributed by atoms with Crippen LogP contribution in [0.15, 0.2) is 47.3 Å². The smallest absolute Gasteiger partial charge is 0.206 e. The van der Waals surface area contributed by atoms with Gasteiger partial charge >= 0.3 is 0 Å². The van der Waals surface area contributed by atoms with Crippen LogP contribution in [-0.4, -0.2) is 4.57 Å². The van der Waals surface area contributed by atoms with Gasteiger partial charge in [-0.15, -0.1) is 0 Å². The van der Waals surface area contributed by atoms with E-state index in [0.29, 0.717) is 5.56 Å². The fourth-order valence-electron chi connectivity index (χ4n) is 2.42. The molecule has 0 N–H and O–H groups in total. The van der Waals surface area contributed by atoms with Gasteiger partial charge in [-0.25, -0.2) is 0 Å². The summed E-state index contributed by atoms with van der Waals surface area (Å²) in [5, 5.41) is 1.34. The molecule has 0 spiro atoms. The normalized spacial score (nSPS) is 11.2. The van der Waals surface area contributed by atoms with Crippen molar-refractivity contribution in [3.05, 3.63) is 57.7 Å². The third kappa shape index (κ3) is 1.53. The predicted molar refractivity (Wildman–Crippen MR) is 75.5 cm³/mol. The van der Waals surface area contributed by atoms with Crippen molar-refractivity contribution in [2.45, 2.75) is 13.5 Å². The first kappa shape index (κ1) is 11.3. The maximum absolute atomic E-state index is 12.1. The molecular weight excluding hydrogens is 246 g/mol. The summed E-state index contributed by atoms with van der Waals surface area (Å²) >= 11 is 5.91. The Morgan fingerprint density at radius 2 is 1.94 bits per heavy atom. The number of nitrogens with zero attached hydrogens (tertiary/aromatic N) is 1. The number of aromatic nitrogens is 1. The number of hydrogen-bond acceptors (Lipinski definition) is 1. The van der Waals surface area contributed by atoms with Gasteiger partial charge in [-0.2, -0.15) is 0 Å². The highest BCUT2D eigenvalue weighted by molar-refractivity contribution is 6.30. The average molecular weight is 258 g/mol. The lowest BCUT2D eigenvalue weighted by molar-refractivity contribution is 0.796. The van der Waals surface area contributed by atoms with Gasteiger partial charge in [-0.3, -0.25) is 4.79 Å². The molecule has 18 heavy (non-hydrogen) atoms. The van der Waals surface area contributed by atoms with Gasteiger partial charge in [-0.05, 0) is 36.6 Å². The number of halogens is 1. The van der Waals surface area contributed by atoms with E-state index in [1.54, 1.807) is 6.07 Å². The molecule has 0 unspecified atom stereocenters. The second-order valence-corrected chi connectivity index (χ2v) is 4.66. The Morgan fingerprint density at radius 1 is 1.17 bits per heavy atom. The molecule has 0 radical (unpaired) electrons. The van der Waals surface area contributed by atoms with E-state index in [0.717, 1.165) is 23.1 Å². The SMILES string of the molecule is CCn1c2ccc(Cl)c(=O)c-2cc2ccccc21. The molecule has 3 rings (SSSR count). The summed E-state index contributed by atoms with van der Waals surface area (Å²) in [4.78, 5) is 12.1. The maximum Gasteiger partial charge on any atom is 0.206 e. The zero-order valence-electron chi connectivity index (χ0n) is 9.98. The predicted octanol–water partition coefficient (Wildman–Crippen LogP) is 3.78. The molecule has 1 aromatic carbocycles. The van der Waals surface area contributed by atoms with Crippen LogP contribution in [0.2, 0.25) is 5.02 Å². The van der Waals surface area contributed by atoms with Crippen molar-refractivity contribution < 1.29 is 0 Å². The summed E-state index contributed by atoms with van der Waals surface area (Å²) in [6.07, 6.45) is 0. The molecule has 3 heteroatoms. The Hall–Kier alpha value is -1.80. The summed E-state index contributed by atoms with van der Waals surface area (Å²) in [6.45, 7) is 2.89. The van der Waals surface area contributed by atoms with Gasteiger partial charge in [0, 0.05) is 17.6 Å². The minimum atomic E-state index is -0.0953. The second kappa shape index (κ2) is 4.14. The Kier molecular flexibility index (Phi) is 2.60. The Bertz CT molecular complexity index is 760. The second-order valence-electron chi connectivity index (χ2n) is 4.26. The van der Waals surface area contributed by atoms with Crippen molar-refractivity contribution in [1.82, 2.24) is 4.57 Å². The first-order valence-corrected chi connectivity index (χ1v) is 6.31. The third-order valence-electron chi connectivity index (χ3n) is 3.26. The van der Waals surface area contributed by atoms with E-state index in [9.17, 15) is 4.79 Å². The molecule has 1 aliphatic heterocycles. The van der Waals surface area contributed by atoms with Crippen molar-refractivity contribution in [2.24, 2.45) is 0 Å². The molecule has 0 amide bonds. The molecule has 0 atom stereocenters. The lowest BCUT2D eigenvalue weighted by Crippen LogP contribution is -2.12. The number of benzene rings is 2. The largest absolute Gasteiger partial charge is 0.341 e. The van der Waals surface area contributed by atoms with Crippen LogP contribution < -0.4 is 5.43 Å². The van der Waals surface area contributed by atoms with Gasteiger partial charge in [0.1, 0.15) is 0 Å². The third-order valence-corrected chi connectivity index (χ3v) is 3.56. The number of rotatable bonds is 1. The van der Waals surface area contributed by atoms with E-state index in [-0.39, 0.29) is 10.5 Å². The van der Waals surface area contributed by atoms with Crippen molar-refractivity contribution in [1.29, 1.82) is 0 Å². The van der Waals surface area contributed by atoms with E-state index in [1.165, 1.54) is 0 Å². The zero-order valence-corrected chi connectivity index (χ0v) is 10.7. The van der Waals surface area contributed by atoms with Gasteiger partial charge in [0.25, 0.3) is 0 Å². The van der Waals surface area contributed by atoms with Crippen molar-refractivity contribution in [3.63, 3.8) is 0 Å². The van der Waals surface area contributed by atoms with Crippen LogP contribution >= 0.6 is 11.6 Å². The highest BCUT2D eigenvalue weighted by Gasteiger charge is 2.14. The summed E-state index contributed by atoms with van der Waals surface area (Å²) < 4.78 is 2.14. The summed E-state index contributed by atoms with van der Waals surface area (Å²) in [7, 11) is 0. The number of pyridine rings is 1. The fraction of sp³-hybridized carbons (Fsp3) is 0.133. The summed E-state index contributed by atoms with van der Waals surface area (Å²) in [5.41, 5.74) is 2.66. The fourth-order valence-corrected chi connectivity index (χ4v) is 2.58. The highest BCUT2D eigenvalue weighted by Crippen LogP contribution is 2.27. The lowest BCUT2D eigenvalue weighted by Gasteiger charge is -2.17. The molecule has 1 aromatic rings. The standard InChI is InChI=1S/C15H12ClNO/c1-2-17-13-6-4-3-5-10(13)9-11-14(17)8-7-12(16)15(11)18/h3-9H,2H2,1H3. The average Bonchev–Trinajstić information content (AvgIpc) is 2.41. The van der Waals surface area contributed by atoms with Crippen LogP contribution in [0.1, 0.15) is 6.92 Å². The van der Waals surface area contributed by atoms with Crippen LogP contribution in [0.3, 0.4) is 0 Å². The van der Waals surface area contributed by atoms with Gasteiger partial charge in [0.2, 0.25) is 5.43 Å². The van der Waals surface area contributed by atoms with Crippen LogP contribution in [0, 0.1) is 0 Å². The van der Waals surface area contributed by atoms with E-state index < -0.39 is 0 Å². The van der Waals surface area contributed by atoms with Gasteiger partial charge < -0.3 is 4.57 Å². The van der Waals surface area contributed by atoms with E-state index in [4.69, 9.17) is 11.6 Å². The first-order valence-electron chi connectivity index (χ1n) is 5.93. The van der Waals surface area contributed by atoms with Crippen LogP contribution in [0.5, 0.6) is 0 Å². The molecule has 0 fully saturated rings. The van der Waals surface area contributed by atoms with E-state index in [2.05, 4.69) is 17.6 Å². The molecule has 0 bridgehead atoms. The molecule has 1 heterocycles. The summed E-state index contributed by atoms with van der Waals surface area (Å²) in [6, 6.07) is 13.6. The number of fused-ring (bicyclic) bond motifs is 2. The minimum absolute atomic E-state index is 0.0953.